The molecule has 0 saturated carbocycles. The largest absolute Gasteiger partial charge is 0.389 e. The van der Waals surface area contributed by atoms with E-state index in [9.17, 15) is 5.11 Å². The fourth-order valence-electron chi connectivity index (χ4n) is 1.54. The van der Waals surface area contributed by atoms with E-state index in [1.807, 2.05) is 19.9 Å². The number of aliphatic hydroxyl groups is 1. The Morgan fingerprint density at radius 2 is 2.12 bits per heavy atom. The zero-order chi connectivity index (χ0) is 12.4. The maximum Gasteiger partial charge on any atom is 0.146 e. The van der Waals surface area contributed by atoms with Gasteiger partial charge in [0.15, 0.2) is 0 Å². The van der Waals surface area contributed by atoms with Crippen molar-refractivity contribution in [2.24, 2.45) is 5.92 Å². The Morgan fingerprint density at radius 1 is 1.44 bits per heavy atom. The van der Waals surface area contributed by atoms with E-state index in [1.54, 1.807) is 13.2 Å². The molecule has 2 atom stereocenters. The van der Waals surface area contributed by atoms with E-state index in [2.05, 4.69) is 13.0 Å². The first kappa shape index (κ1) is 15.4. The van der Waals surface area contributed by atoms with E-state index in [0.29, 0.717) is 25.7 Å². The Balaban J connectivity index is 3.90. The summed E-state index contributed by atoms with van der Waals surface area (Å²) in [6.45, 7) is 6.99. The third-order valence-electron chi connectivity index (χ3n) is 2.10. The van der Waals surface area contributed by atoms with Gasteiger partial charge in [-0.15, -0.1) is 0 Å². The molecule has 0 amide bonds. The molecule has 16 heavy (non-hydrogen) atoms. The molecular weight excluding hydrogens is 204 g/mol. The molecule has 0 rings (SSSR count). The lowest BCUT2D eigenvalue weighted by Gasteiger charge is -2.10. The molecule has 0 heterocycles. The first-order chi connectivity index (χ1) is 7.60. The summed E-state index contributed by atoms with van der Waals surface area (Å²) in [4.78, 5) is 0. The molecule has 0 spiro atoms. The van der Waals surface area contributed by atoms with Crippen molar-refractivity contribution in [1.29, 1.82) is 0 Å². The summed E-state index contributed by atoms with van der Waals surface area (Å²) >= 11 is 0. The second-order valence-electron chi connectivity index (χ2n) is 4.06. The molecule has 0 aromatic rings. The van der Waals surface area contributed by atoms with Crippen LogP contribution in [0.25, 0.3) is 0 Å². The molecule has 0 aliphatic carbocycles. The number of rotatable bonds is 8. The molecule has 3 nitrogen and oxygen atoms in total. The molecule has 0 radical (unpaired) electrons. The SMILES string of the molecule is C/C=C/[C@@H](O)C/C(C)=C\[C@@H](C)COCOC. The topological polar surface area (TPSA) is 38.7 Å². The number of aliphatic hydroxyl groups excluding tert-OH is 1. The van der Waals surface area contributed by atoms with Crippen LogP contribution >= 0.6 is 0 Å². The van der Waals surface area contributed by atoms with E-state index in [-0.39, 0.29) is 6.10 Å². The van der Waals surface area contributed by atoms with Crippen LogP contribution in [0.4, 0.5) is 0 Å². The van der Waals surface area contributed by atoms with Gasteiger partial charge in [0.25, 0.3) is 0 Å². The van der Waals surface area contributed by atoms with Gasteiger partial charge in [0, 0.05) is 7.11 Å². The molecule has 0 aromatic heterocycles. The lowest BCUT2D eigenvalue weighted by atomic mass is 10.0. The monoisotopic (exact) mass is 228 g/mol. The molecule has 0 saturated heterocycles. The molecule has 0 unspecified atom stereocenters. The maximum absolute atomic E-state index is 9.57. The van der Waals surface area contributed by atoms with Crippen molar-refractivity contribution in [2.45, 2.75) is 33.3 Å². The van der Waals surface area contributed by atoms with Crippen LogP contribution in [0, 0.1) is 5.92 Å². The van der Waals surface area contributed by atoms with Crippen LogP contribution in [-0.2, 0) is 9.47 Å². The Bertz CT molecular complexity index is 221. The van der Waals surface area contributed by atoms with Crippen LogP contribution in [0.1, 0.15) is 27.2 Å². The molecule has 0 aliphatic rings. The fourth-order valence-corrected chi connectivity index (χ4v) is 1.54. The van der Waals surface area contributed by atoms with E-state index < -0.39 is 0 Å². The molecule has 0 aromatic carbocycles. The van der Waals surface area contributed by atoms with Gasteiger partial charge in [-0.05, 0) is 26.2 Å². The van der Waals surface area contributed by atoms with Gasteiger partial charge in [-0.3, -0.25) is 0 Å². The lowest BCUT2D eigenvalue weighted by molar-refractivity contribution is -0.0372. The van der Waals surface area contributed by atoms with Gasteiger partial charge in [0.05, 0.1) is 12.7 Å². The smallest absolute Gasteiger partial charge is 0.146 e. The van der Waals surface area contributed by atoms with Crippen LogP contribution < -0.4 is 0 Å². The van der Waals surface area contributed by atoms with Crippen molar-refractivity contribution >= 4 is 0 Å². The molecule has 0 fully saturated rings. The van der Waals surface area contributed by atoms with Crippen LogP contribution in [0.2, 0.25) is 0 Å². The molecule has 1 N–H and O–H groups in total. The summed E-state index contributed by atoms with van der Waals surface area (Å²) in [5, 5.41) is 9.57. The number of hydrogen-bond acceptors (Lipinski definition) is 3. The number of methoxy groups -OCH3 is 1. The van der Waals surface area contributed by atoms with Gasteiger partial charge in [0.1, 0.15) is 6.79 Å². The van der Waals surface area contributed by atoms with Crippen LogP contribution in [0.15, 0.2) is 23.8 Å². The predicted molar refractivity (Wildman–Crippen MR) is 66.2 cm³/mol. The Labute approximate surface area is 98.8 Å². The van der Waals surface area contributed by atoms with Gasteiger partial charge in [-0.1, -0.05) is 30.7 Å². The van der Waals surface area contributed by atoms with Gasteiger partial charge in [0.2, 0.25) is 0 Å². The zero-order valence-corrected chi connectivity index (χ0v) is 10.8. The van der Waals surface area contributed by atoms with Gasteiger partial charge in [-0.2, -0.15) is 0 Å². The van der Waals surface area contributed by atoms with E-state index in [0.717, 1.165) is 0 Å². The van der Waals surface area contributed by atoms with E-state index >= 15 is 0 Å². The Morgan fingerprint density at radius 3 is 2.69 bits per heavy atom. The normalized spacial score (nSPS) is 16.7. The van der Waals surface area contributed by atoms with Crippen LogP contribution in [0.5, 0.6) is 0 Å². The first-order valence-corrected chi connectivity index (χ1v) is 5.65. The third-order valence-corrected chi connectivity index (χ3v) is 2.10. The zero-order valence-electron chi connectivity index (χ0n) is 10.8. The Kier molecular flexibility index (Phi) is 9.19. The lowest BCUT2D eigenvalue weighted by Crippen LogP contribution is -2.07. The van der Waals surface area contributed by atoms with Gasteiger partial charge < -0.3 is 14.6 Å². The summed E-state index contributed by atoms with van der Waals surface area (Å²) in [6, 6.07) is 0. The minimum atomic E-state index is -0.381. The highest BCUT2D eigenvalue weighted by Crippen LogP contribution is 2.10. The second kappa shape index (κ2) is 9.58. The maximum atomic E-state index is 9.57. The molecular formula is C13H24O3. The van der Waals surface area contributed by atoms with E-state index in [4.69, 9.17) is 9.47 Å². The standard InChI is InChI=1S/C13H24O3/c1-5-6-13(14)8-11(2)7-12(3)9-16-10-15-4/h5-7,12-14H,8-10H2,1-4H3/b6-5+,11-7-/t12-,13-/m1/s1. The van der Waals surface area contributed by atoms with Crippen molar-refractivity contribution in [3.05, 3.63) is 23.8 Å². The van der Waals surface area contributed by atoms with Crippen molar-refractivity contribution < 1.29 is 14.6 Å². The fraction of sp³-hybridized carbons (Fsp3) is 0.692. The summed E-state index contributed by atoms with van der Waals surface area (Å²) in [5.74, 6) is 0.341. The van der Waals surface area contributed by atoms with Crippen molar-refractivity contribution in [3.63, 3.8) is 0 Å². The Hall–Kier alpha value is -0.640. The summed E-state index contributed by atoms with van der Waals surface area (Å²) in [6.07, 6.45) is 6.08. The molecule has 94 valence electrons. The van der Waals surface area contributed by atoms with Crippen molar-refractivity contribution in [2.75, 3.05) is 20.5 Å². The second-order valence-corrected chi connectivity index (χ2v) is 4.06. The summed E-state index contributed by atoms with van der Waals surface area (Å²) in [7, 11) is 1.61. The quantitative estimate of drug-likeness (QED) is 0.394. The summed E-state index contributed by atoms with van der Waals surface area (Å²) in [5.41, 5.74) is 1.18. The highest BCUT2D eigenvalue weighted by Gasteiger charge is 2.03. The minimum Gasteiger partial charge on any atom is -0.389 e. The molecule has 3 heteroatoms. The minimum absolute atomic E-state index is 0.332. The summed E-state index contributed by atoms with van der Waals surface area (Å²) < 4.78 is 10.1. The van der Waals surface area contributed by atoms with Gasteiger partial charge >= 0.3 is 0 Å². The average Bonchev–Trinajstić information content (AvgIpc) is 2.17. The third kappa shape index (κ3) is 8.65. The highest BCUT2D eigenvalue weighted by atomic mass is 16.7. The number of hydrogen-bond donors (Lipinski definition) is 1. The van der Waals surface area contributed by atoms with Crippen LogP contribution in [0.3, 0.4) is 0 Å². The van der Waals surface area contributed by atoms with E-state index in [1.165, 1.54) is 5.57 Å². The number of ether oxygens (including phenoxy) is 2. The van der Waals surface area contributed by atoms with Crippen LogP contribution in [-0.4, -0.2) is 31.7 Å². The van der Waals surface area contributed by atoms with Crippen molar-refractivity contribution in [3.8, 4) is 0 Å². The average molecular weight is 228 g/mol. The number of allylic oxidation sites excluding steroid dienone is 1. The molecule has 0 aliphatic heterocycles. The predicted octanol–water partition coefficient (Wildman–Crippen LogP) is 2.52. The van der Waals surface area contributed by atoms with Gasteiger partial charge in [-0.25, -0.2) is 0 Å². The first-order valence-electron chi connectivity index (χ1n) is 5.65. The van der Waals surface area contributed by atoms with Crippen molar-refractivity contribution in [1.82, 2.24) is 0 Å². The molecule has 0 bridgehead atoms. The highest BCUT2D eigenvalue weighted by molar-refractivity contribution is 5.05.